The fourth-order valence-corrected chi connectivity index (χ4v) is 3.51. The number of likely N-dealkylation sites (tertiary alicyclic amines) is 1. The first-order valence-corrected chi connectivity index (χ1v) is 8.12. The molecule has 1 aromatic rings. The number of amides is 1. The van der Waals surface area contributed by atoms with E-state index >= 15 is 0 Å². The molecular weight excluding hydrogens is 266 g/mol. The summed E-state index contributed by atoms with van der Waals surface area (Å²) >= 11 is 0. The number of carbonyl (C=O) groups is 1. The molecule has 2 unspecified atom stereocenters. The Morgan fingerprint density at radius 2 is 2.19 bits per heavy atom. The number of nitrogens with one attached hydrogen (secondary N) is 1. The molecule has 21 heavy (non-hydrogen) atoms. The maximum absolute atomic E-state index is 12.7. The van der Waals surface area contributed by atoms with Crippen LogP contribution in [0.1, 0.15) is 50.3 Å². The van der Waals surface area contributed by atoms with Crippen LogP contribution >= 0.6 is 0 Å². The quantitative estimate of drug-likeness (QED) is 0.885. The van der Waals surface area contributed by atoms with Crippen molar-refractivity contribution in [2.24, 2.45) is 7.05 Å². The summed E-state index contributed by atoms with van der Waals surface area (Å²) < 4.78 is 1.97. The maximum atomic E-state index is 12.7. The van der Waals surface area contributed by atoms with Gasteiger partial charge in [0.2, 0.25) is 5.91 Å². The first-order chi connectivity index (χ1) is 10.3. The molecule has 1 N–H and O–H groups in total. The van der Waals surface area contributed by atoms with E-state index in [0.717, 1.165) is 51.1 Å². The van der Waals surface area contributed by atoms with E-state index in [9.17, 15) is 4.79 Å². The molecular formula is C15H25N5O. The summed E-state index contributed by atoms with van der Waals surface area (Å²) in [5.41, 5.74) is 0. The lowest BCUT2D eigenvalue weighted by Gasteiger charge is -2.34. The lowest BCUT2D eigenvalue weighted by atomic mass is 9.96. The van der Waals surface area contributed by atoms with Crippen molar-refractivity contribution in [2.75, 3.05) is 19.6 Å². The topological polar surface area (TPSA) is 63.1 Å². The van der Waals surface area contributed by atoms with Crippen LogP contribution in [0.5, 0.6) is 0 Å². The Labute approximate surface area is 125 Å². The van der Waals surface area contributed by atoms with Crippen LogP contribution in [0.2, 0.25) is 0 Å². The highest BCUT2D eigenvalue weighted by Crippen LogP contribution is 2.26. The van der Waals surface area contributed by atoms with Crippen molar-refractivity contribution in [2.45, 2.75) is 50.5 Å². The van der Waals surface area contributed by atoms with E-state index in [1.807, 2.05) is 16.5 Å². The third kappa shape index (κ3) is 3.26. The molecule has 2 fully saturated rings. The minimum absolute atomic E-state index is 0.0192. The van der Waals surface area contributed by atoms with Crippen LogP contribution in [0.25, 0.3) is 0 Å². The van der Waals surface area contributed by atoms with Gasteiger partial charge in [-0.2, -0.15) is 0 Å². The molecule has 3 rings (SSSR count). The van der Waals surface area contributed by atoms with Crippen LogP contribution in [-0.4, -0.2) is 51.2 Å². The van der Waals surface area contributed by atoms with E-state index < -0.39 is 0 Å². The van der Waals surface area contributed by atoms with Gasteiger partial charge in [0.1, 0.15) is 12.2 Å². The highest BCUT2D eigenvalue weighted by molar-refractivity contribution is 5.82. The van der Waals surface area contributed by atoms with Gasteiger partial charge in [-0.25, -0.2) is 0 Å². The summed E-state index contributed by atoms with van der Waals surface area (Å²) in [6.07, 6.45) is 8.44. The van der Waals surface area contributed by atoms with E-state index in [0.29, 0.717) is 5.92 Å². The zero-order chi connectivity index (χ0) is 14.7. The summed E-state index contributed by atoms with van der Waals surface area (Å²) in [5, 5.41) is 11.6. The zero-order valence-electron chi connectivity index (χ0n) is 12.8. The molecule has 6 heteroatoms. The monoisotopic (exact) mass is 291 g/mol. The smallest absolute Gasteiger partial charge is 0.239 e. The summed E-state index contributed by atoms with van der Waals surface area (Å²) in [6, 6.07) is 0.0192. The molecule has 2 atom stereocenters. The van der Waals surface area contributed by atoms with Gasteiger partial charge < -0.3 is 14.8 Å². The Morgan fingerprint density at radius 1 is 1.29 bits per heavy atom. The Bertz CT molecular complexity index is 478. The number of nitrogens with zero attached hydrogens (tertiary/aromatic N) is 4. The van der Waals surface area contributed by atoms with E-state index in [4.69, 9.17) is 0 Å². The molecule has 1 aromatic heterocycles. The van der Waals surface area contributed by atoms with Gasteiger partial charge in [-0.15, -0.1) is 10.2 Å². The van der Waals surface area contributed by atoms with Crippen LogP contribution in [0.3, 0.4) is 0 Å². The second kappa shape index (κ2) is 6.56. The van der Waals surface area contributed by atoms with E-state index in [1.54, 1.807) is 6.33 Å². The molecule has 1 amide bonds. The van der Waals surface area contributed by atoms with Gasteiger partial charge in [-0.05, 0) is 32.2 Å². The van der Waals surface area contributed by atoms with Gasteiger partial charge in [0, 0.05) is 26.1 Å². The standard InChI is InChI=1S/C15H25N5O/c1-19-11-17-18-14(19)12-6-5-9-20(10-12)15(21)13-7-3-2-4-8-16-13/h11-13,16H,2-10H2,1H3. The summed E-state index contributed by atoms with van der Waals surface area (Å²) in [5.74, 6) is 1.60. The molecule has 116 valence electrons. The number of hydrogen-bond acceptors (Lipinski definition) is 4. The second-order valence-electron chi connectivity index (χ2n) is 6.28. The fourth-order valence-electron chi connectivity index (χ4n) is 3.51. The van der Waals surface area contributed by atoms with Crippen LogP contribution in [0.15, 0.2) is 6.33 Å². The first kappa shape index (κ1) is 14.5. The Morgan fingerprint density at radius 3 is 3.00 bits per heavy atom. The largest absolute Gasteiger partial charge is 0.341 e. The fraction of sp³-hybridized carbons (Fsp3) is 0.800. The van der Waals surface area contributed by atoms with Gasteiger partial charge in [0.15, 0.2) is 0 Å². The molecule has 0 aliphatic carbocycles. The average Bonchev–Trinajstić information content (AvgIpc) is 2.77. The molecule has 2 aliphatic heterocycles. The minimum Gasteiger partial charge on any atom is -0.341 e. The normalized spacial score (nSPS) is 27.4. The lowest BCUT2D eigenvalue weighted by Crippen LogP contribution is -2.49. The average molecular weight is 291 g/mol. The maximum Gasteiger partial charge on any atom is 0.239 e. The van der Waals surface area contributed by atoms with Crippen molar-refractivity contribution in [1.29, 1.82) is 0 Å². The first-order valence-electron chi connectivity index (χ1n) is 8.12. The highest BCUT2D eigenvalue weighted by Gasteiger charge is 2.31. The SMILES string of the molecule is Cn1cnnc1C1CCCN(C(=O)C2CCCCCN2)C1. The molecule has 0 radical (unpaired) electrons. The molecule has 3 heterocycles. The molecule has 6 nitrogen and oxygen atoms in total. The van der Waals surface area contributed by atoms with Gasteiger partial charge in [0.25, 0.3) is 0 Å². The van der Waals surface area contributed by atoms with Gasteiger partial charge in [0.05, 0.1) is 6.04 Å². The van der Waals surface area contributed by atoms with Gasteiger partial charge in [-0.1, -0.05) is 12.8 Å². The van der Waals surface area contributed by atoms with Crippen molar-refractivity contribution in [1.82, 2.24) is 25.0 Å². The highest BCUT2D eigenvalue weighted by atomic mass is 16.2. The van der Waals surface area contributed by atoms with Crippen LogP contribution in [0, 0.1) is 0 Å². The van der Waals surface area contributed by atoms with E-state index in [-0.39, 0.29) is 11.9 Å². The summed E-state index contributed by atoms with van der Waals surface area (Å²) in [4.78, 5) is 14.8. The van der Waals surface area contributed by atoms with Crippen LogP contribution in [-0.2, 0) is 11.8 Å². The number of piperidine rings is 1. The molecule has 0 spiro atoms. The predicted molar refractivity (Wildman–Crippen MR) is 79.8 cm³/mol. The van der Waals surface area contributed by atoms with Crippen molar-refractivity contribution in [3.8, 4) is 0 Å². The van der Waals surface area contributed by atoms with Crippen LogP contribution in [0.4, 0.5) is 0 Å². The van der Waals surface area contributed by atoms with Crippen molar-refractivity contribution in [3.63, 3.8) is 0 Å². The van der Waals surface area contributed by atoms with Crippen molar-refractivity contribution in [3.05, 3.63) is 12.2 Å². The van der Waals surface area contributed by atoms with Crippen molar-refractivity contribution >= 4 is 5.91 Å². The van der Waals surface area contributed by atoms with Gasteiger partial charge in [-0.3, -0.25) is 4.79 Å². The number of carbonyl (C=O) groups excluding carboxylic acids is 1. The number of hydrogen-bond donors (Lipinski definition) is 1. The van der Waals surface area contributed by atoms with Gasteiger partial charge >= 0.3 is 0 Å². The molecule has 2 aliphatic rings. The minimum atomic E-state index is 0.0192. The number of aromatic nitrogens is 3. The van der Waals surface area contributed by atoms with E-state index in [2.05, 4.69) is 15.5 Å². The second-order valence-corrected chi connectivity index (χ2v) is 6.28. The molecule has 0 aromatic carbocycles. The Kier molecular flexibility index (Phi) is 4.53. The van der Waals surface area contributed by atoms with E-state index in [1.165, 1.54) is 12.8 Å². The molecule has 0 saturated carbocycles. The number of rotatable bonds is 2. The van der Waals surface area contributed by atoms with Crippen LogP contribution < -0.4 is 5.32 Å². The Hall–Kier alpha value is -1.43. The molecule has 0 bridgehead atoms. The third-order valence-corrected chi connectivity index (χ3v) is 4.70. The van der Waals surface area contributed by atoms with Crippen molar-refractivity contribution < 1.29 is 4.79 Å². The summed E-state index contributed by atoms with van der Waals surface area (Å²) in [7, 11) is 1.98. The lowest BCUT2D eigenvalue weighted by molar-refractivity contribution is -0.134. The zero-order valence-corrected chi connectivity index (χ0v) is 12.8. The third-order valence-electron chi connectivity index (χ3n) is 4.70. The molecule has 2 saturated heterocycles. The summed E-state index contributed by atoms with van der Waals surface area (Å²) in [6.45, 7) is 2.63. The number of aryl methyl sites for hydroxylation is 1. The predicted octanol–water partition coefficient (Wildman–Crippen LogP) is 1.05. The Balaban J connectivity index is 1.65.